The molecule has 0 radical (unpaired) electrons. The minimum Gasteiger partial charge on any atom is -0.323 e. The fourth-order valence-electron chi connectivity index (χ4n) is 2.03. The summed E-state index contributed by atoms with van der Waals surface area (Å²) >= 11 is 20.9. The fraction of sp³-hybridized carbons (Fsp3) is 0.0588. The van der Waals surface area contributed by atoms with Crippen LogP contribution in [-0.4, -0.2) is 16.6 Å². The Hall–Kier alpha value is -1.24. The number of halogens is 3. The van der Waals surface area contributed by atoms with Gasteiger partial charge in [0.05, 0.1) is 27.2 Å². The molecule has 1 amide bonds. The molecule has 0 saturated heterocycles. The van der Waals surface area contributed by atoms with E-state index < -0.39 is 0 Å². The van der Waals surface area contributed by atoms with E-state index in [4.69, 9.17) is 34.8 Å². The van der Waals surface area contributed by atoms with Crippen molar-refractivity contribution in [2.45, 2.75) is 4.34 Å². The predicted octanol–water partition coefficient (Wildman–Crippen LogP) is 6.50. The van der Waals surface area contributed by atoms with Crippen molar-refractivity contribution in [3.8, 4) is 11.3 Å². The van der Waals surface area contributed by atoms with Crippen LogP contribution in [0.25, 0.3) is 11.3 Å². The monoisotopic (exact) mass is 428 g/mol. The van der Waals surface area contributed by atoms with Gasteiger partial charge in [-0.05, 0) is 12.1 Å². The number of aromatic nitrogens is 1. The third kappa shape index (κ3) is 4.90. The number of benzene rings is 2. The van der Waals surface area contributed by atoms with E-state index in [0.29, 0.717) is 20.8 Å². The van der Waals surface area contributed by atoms with Crippen LogP contribution < -0.4 is 5.32 Å². The zero-order chi connectivity index (χ0) is 17.8. The maximum Gasteiger partial charge on any atom is 0.234 e. The highest BCUT2D eigenvalue weighted by atomic mass is 35.5. The molecule has 0 aliphatic heterocycles. The summed E-state index contributed by atoms with van der Waals surface area (Å²) in [5.74, 6) is -0.00982. The molecule has 128 valence electrons. The first kappa shape index (κ1) is 18.5. The molecule has 25 heavy (non-hydrogen) atoms. The molecule has 2 aromatic carbocycles. The Morgan fingerprint density at radius 1 is 1.12 bits per heavy atom. The van der Waals surface area contributed by atoms with Crippen LogP contribution in [0.1, 0.15) is 0 Å². The second kappa shape index (κ2) is 8.43. The van der Waals surface area contributed by atoms with Crippen molar-refractivity contribution in [1.82, 2.24) is 4.98 Å². The first-order valence-corrected chi connectivity index (χ1v) is 10.1. The number of nitrogens with one attached hydrogen (secondary N) is 1. The van der Waals surface area contributed by atoms with Crippen LogP contribution in [0.3, 0.4) is 0 Å². The summed E-state index contributed by atoms with van der Waals surface area (Å²) in [6, 6.07) is 13.0. The normalized spacial score (nSPS) is 10.7. The molecule has 0 atom stereocenters. The topological polar surface area (TPSA) is 42.0 Å². The third-order valence-corrected chi connectivity index (χ3v) is 5.99. The van der Waals surface area contributed by atoms with Crippen LogP contribution in [0.4, 0.5) is 5.69 Å². The van der Waals surface area contributed by atoms with Crippen LogP contribution in [0.5, 0.6) is 0 Å². The Bertz CT molecular complexity index is 877. The average Bonchev–Trinajstić information content (AvgIpc) is 3.06. The number of amides is 1. The summed E-state index contributed by atoms with van der Waals surface area (Å²) in [4.78, 5) is 16.7. The maximum atomic E-state index is 12.1. The van der Waals surface area contributed by atoms with Gasteiger partial charge in [-0.25, -0.2) is 4.98 Å². The molecule has 3 nitrogen and oxygen atoms in total. The van der Waals surface area contributed by atoms with E-state index in [1.54, 1.807) is 0 Å². The van der Waals surface area contributed by atoms with Crippen molar-refractivity contribution in [2.24, 2.45) is 0 Å². The summed E-state index contributed by atoms with van der Waals surface area (Å²) in [5, 5.41) is 5.70. The van der Waals surface area contributed by atoms with Crippen molar-refractivity contribution in [2.75, 3.05) is 11.1 Å². The van der Waals surface area contributed by atoms with Crippen LogP contribution in [0.15, 0.2) is 52.2 Å². The molecule has 1 heterocycles. The standard InChI is InChI=1S/C17H11Cl3N2OS2/c18-11-6-12(19)16(13(20)7-11)22-15(23)9-25-17-21-14(8-24-17)10-4-2-1-3-5-10/h1-8H,9H2,(H,22,23). The van der Waals surface area contributed by atoms with Gasteiger partial charge in [0.15, 0.2) is 4.34 Å². The number of rotatable bonds is 5. The van der Waals surface area contributed by atoms with Gasteiger partial charge in [0.1, 0.15) is 0 Å². The van der Waals surface area contributed by atoms with Gasteiger partial charge in [0.25, 0.3) is 0 Å². The summed E-state index contributed by atoms with van der Waals surface area (Å²) in [6.07, 6.45) is 0. The zero-order valence-corrected chi connectivity index (χ0v) is 16.5. The average molecular weight is 430 g/mol. The molecule has 8 heteroatoms. The fourth-order valence-corrected chi connectivity index (χ4v) is 4.58. The van der Waals surface area contributed by atoms with Crippen molar-refractivity contribution in [3.05, 3.63) is 62.9 Å². The molecule has 3 aromatic rings. The Morgan fingerprint density at radius 2 is 1.80 bits per heavy atom. The van der Waals surface area contributed by atoms with E-state index in [2.05, 4.69) is 10.3 Å². The number of nitrogens with zero attached hydrogens (tertiary/aromatic N) is 1. The highest BCUT2D eigenvalue weighted by Crippen LogP contribution is 2.34. The second-order valence-electron chi connectivity index (χ2n) is 4.95. The molecule has 0 bridgehead atoms. The molecule has 0 fully saturated rings. The lowest BCUT2D eigenvalue weighted by Gasteiger charge is -2.09. The zero-order valence-electron chi connectivity index (χ0n) is 12.6. The first-order chi connectivity index (χ1) is 12.0. The van der Waals surface area contributed by atoms with Crippen LogP contribution >= 0.6 is 57.9 Å². The molecule has 1 aromatic heterocycles. The molecule has 0 aliphatic rings. The number of hydrogen-bond acceptors (Lipinski definition) is 4. The quantitative estimate of drug-likeness (QED) is 0.471. The molecular weight excluding hydrogens is 419 g/mol. The first-order valence-electron chi connectivity index (χ1n) is 7.11. The van der Waals surface area contributed by atoms with Gasteiger partial charge in [-0.15, -0.1) is 11.3 Å². The number of anilines is 1. The summed E-state index contributed by atoms with van der Waals surface area (Å²) in [6.45, 7) is 0. The Balaban J connectivity index is 1.61. The second-order valence-corrected chi connectivity index (χ2v) is 8.28. The molecule has 0 saturated carbocycles. The highest BCUT2D eigenvalue weighted by molar-refractivity contribution is 8.01. The van der Waals surface area contributed by atoms with E-state index in [1.807, 2.05) is 35.7 Å². The van der Waals surface area contributed by atoms with Gasteiger partial charge in [-0.3, -0.25) is 4.79 Å². The van der Waals surface area contributed by atoms with Gasteiger partial charge in [0, 0.05) is 16.0 Å². The number of thiazole rings is 1. The molecular formula is C17H11Cl3N2OS2. The SMILES string of the molecule is O=C(CSc1nc(-c2ccccc2)cs1)Nc1c(Cl)cc(Cl)cc1Cl. The number of hydrogen-bond donors (Lipinski definition) is 1. The lowest BCUT2D eigenvalue weighted by atomic mass is 10.2. The highest BCUT2D eigenvalue weighted by Gasteiger charge is 2.13. The van der Waals surface area contributed by atoms with Crippen LogP contribution in [0, 0.1) is 0 Å². The Labute approximate surface area is 168 Å². The predicted molar refractivity (Wildman–Crippen MR) is 108 cm³/mol. The lowest BCUT2D eigenvalue weighted by molar-refractivity contribution is -0.113. The number of thioether (sulfide) groups is 1. The molecule has 3 rings (SSSR count). The number of carbonyl (C=O) groups excluding carboxylic acids is 1. The van der Waals surface area contributed by atoms with E-state index in [-0.39, 0.29) is 11.7 Å². The summed E-state index contributed by atoms with van der Waals surface area (Å²) in [5.41, 5.74) is 2.31. The largest absolute Gasteiger partial charge is 0.323 e. The van der Waals surface area contributed by atoms with Gasteiger partial charge in [-0.1, -0.05) is 76.9 Å². The summed E-state index contributed by atoms with van der Waals surface area (Å²) < 4.78 is 0.822. The van der Waals surface area contributed by atoms with Crippen molar-refractivity contribution in [3.63, 3.8) is 0 Å². The maximum absolute atomic E-state index is 12.1. The molecule has 0 unspecified atom stereocenters. The van der Waals surface area contributed by atoms with Gasteiger partial charge >= 0.3 is 0 Å². The van der Waals surface area contributed by atoms with Gasteiger partial charge in [0.2, 0.25) is 5.91 Å². The molecule has 0 aliphatic carbocycles. The summed E-state index contributed by atoms with van der Waals surface area (Å²) in [7, 11) is 0. The number of carbonyl (C=O) groups is 1. The minimum absolute atomic E-state index is 0.205. The van der Waals surface area contributed by atoms with Crippen LogP contribution in [-0.2, 0) is 4.79 Å². The van der Waals surface area contributed by atoms with E-state index in [1.165, 1.54) is 35.2 Å². The molecule has 0 spiro atoms. The minimum atomic E-state index is -0.215. The van der Waals surface area contributed by atoms with Crippen molar-refractivity contribution >= 4 is 69.5 Å². The van der Waals surface area contributed by atoms with E-state index in [0.717, 1.165) is 15.6 Å². The van der Waals surface area contributed by atoms with Crippen LogP contribution in [0.2, 0.25) is 15.1 Å². The Morgan fingerprint density at radius 3 is 2.48 bits per heavy atom. The van der Waals surface area contributed by atoms with E-state index in [9.17, 15) is 4.79 Å². The van der Waals surface area contributed by atoms with E-state index >= 15 is 0 Å². The lowest BCUT2D eigenvalue weighted by Crippen LogP contribution is -2.14. The van der Waals surface area contributed by atoms with Gasteiger partial charge < -0.3 is 5.32 Å². The Kier molecular flexibility index (Phi) is 6.25. The van der Waals surface area contributed by atoms with Crippen molar-refractivity contribution in [1.29, 1.82) is 0 Å². The third-order valence-electron chi connectivity index (χ3n) is 3.15. The molecule has 1 N–H and O–H groups in total. The van der Waals surface area contributed by atoms with Gasteiger partial charge in [-0.2, -0.15) is 0 Å². The smallest absolute Gasteiger partial charge is 0.234 e. The van der Waals surface area contributed by atoms with Crippen molar-refractivity contribution < 1.29 is 4.79 Å².